The molecule has 0 bridgehead atoms. The Morgan fingerprint density at radius 3 is 1.69 bits per heavy atom. The highest BCUT2D eigenvalue weighted by molar-refractivity contribution is 5.89. The smallest absolute Gasteiger partial charge is 0.339 e. The molecule has 7 nitrogen and oxygen atoms in total. The van der Waals surface area contributed by atoms with Crippen LogP contribution in [0.15, 0.2) is 25.0 Å². The minimum atomic E-state index is -1.26. The van der Waals surface area contributed by atoms with Gasteiger partial charge in [0.2, 0.25) is 0 Å². The molecule has 0 aliphatic heterocycles. The van der Waals surface area contributed by atoms with E-state index in [0.29, 0.717) is 12.2 Å². The van der Waals surface area contributed by atoms with Crippen LogP contribution in [0.4, 0.5) is 0 Å². The molecule has 0 spiro atoms. The van der Waals surface area contributed by atoms with Gasteiger partial charge in [0.25, 0.3) is 0 Å². The van der Waals surface area contributed by atoms with Crippen LogP contribution in [0.1, 0.15) is 6.92 Å². The molecular formula is C9H12O7. The van der Waals surface area contributed by atoms with Crippen molar-refractivity contribution in [2.45, 2.75) is 13.0 Å². The summed E-state index contributed by atoms with van der Waals surface area (Å²) in [5.41, 5.74) is 0. The van der Waals surface area contributed by atoms with Gasteiger partial charge >= 0.3 is 17.9 Å². The fourth-order valence-electron chi connectivity index (χ4n) is 0.323. The lowest BCUT2D eigenvalue weighted by Crippen LogP contribution is -2.16. The summed E-state index contributed by atoms with van der Waals surface area (Å²) in [6.45, 7) is 4.45. The van der Waals surface area contributed by atoms with Crippen LogP contribution in [0.5, 0.6) is 0 Å². The number of ether oxygens (including phenoxy) is 1. The number of carbonyl (C=O) groups excluding carboxylic acids is 1. The molecule has 0 radical (unpaired) electrons. The van der Waals surface area contributed by atoms with Crippen LogP contribution in [0.2, 0.25) is 0 Å². The maximum absolute atomic E-state index is 10.2. The van der Waals surface area contributed by atoms with Gasteiger partial charge in [0.15, 0.2) is 0 Å². The van der Waals surface area contributed by atoms with E-state index in [9.17, 15) is 14.4 Å². The maximum atomic E-state index is 10.2. The second kappa shape index (κ2) is 9.41. The van der Waals surface area contributed by atoms with Gasteiger partial charge in [-0.15, -0.1) is 0 Å². The lowest BCUT2D eigenvalue weighted by Gasteiger charge is -1.98. The van der Waals surface area contributed by atoms with Gasteiger partial charge in [-0.25, -0.2) is 14.4 Å². The number of carbonyl (C=O) groups is 3. The summed E-state index contributed by atoms with van der Waals surface area (Å²) in [6.07, 6.45) is 1.03. The Labute approximate surface area is 91.3 Å². The molecule has 0 aliphatic carbocycles. The zero-order valence-electron chi connectivity index (χ0n) is 8.49. The SMILES string of the molecule is C=COC(=O)C(C)O.O=C(O)/C=C\C(=O)O. The number of rotatable bonds is 4. The highest BCUT2D eigenvalue weighted by Crippen LogP contribution is 1.84. The number of esters is 1. The second-order valence-electron chi connectivity index (χ2n) is 2.29. The molecule has 0 saturated carbocycles. The van der Waals surface area contributed by atoms with Crippen molar-refractivity contribution in [1.82, 2.24) is 0 Å². The Kier molecular flexibility index (Phi) is 9.58. The molecule has 0 amide bonds. The zero-order valence-corrected chi connectivity index (χ0v) is 8.49. The third-order valence-electron chi connectivity index (χ3n) is 0.909. The van der Waals surface area contributed by atoms with E-state index in [1.54, 1.807) is 0 Å². The van der Waals surface area contributed by atoms with Crippen LogP contribution in [-0.4, -0.2) is 39.3 Å². The average Bonchev–Trinajstić information content (AvgIpc) is 2.16. The van der Waals surface area contributed by atoms with Gasteiger partial charge in [0.05, 0.1) is 6.26 Å². The van der Waals surface area contributed by atoms with Crippen molar-refractivity contribution in [3.63, 3.8) is 0 Å². The number of hydrogen-bond donors (Lipinski definition) is 3. The molecule has 0 rings (SSSR count). The molecular weight excluding hydrogens is 220 g/mol. The summed E-state index contributed by atoms with van der Waals surface area (Å²) in [5, 5.41) is 24.1. The van der Waals surface area contributed by atoms with Gasteiger partial charge < -0.3 is 20.1 Å². The Morgan fingerprint density at radius 2 is 1.56 bits per heavy atom. The average molecular weight is 232 g/mol. The quantitative estimate of drug-likeness (QED) is 0.347. The van der Waals surface area contributed by atoms with Crippen LogP contribution < -0.4 is 0 Å². The second-order valence-corrected chi connectivity index (χ2v) is 2.29. The minimum Gasteiger partial charge on any atom is -0.478 e. The molecule has 0 aliphatic rings. The summed E-state index contributed by atoms with van der Waals surface area (Å²) in [6, 6.07) is 0. The first-order valence-electron chi connectivity index (χ1n) is 3.94. The molecule has 0 aromatic heterocycles. The molecule has 90 valence electrons. The van der Waals surface area contributed by atoms with E-state index >= 15 is 0 Å². The molecule has 16 heavy (non-hydrogen) atoms. The number of carboxylic acid groups (broad SMARTS) is 2. The summed E-state index contributed by atoms with van der Waals surface area (Å²) < 4.78 is 4.18. The Balaban J connectivity index is 0. The van der Waals surface area contributed by atoms with Gasteiger partial charge in [0, 0.05) is 12.2 Å². The number of carboxylic acids is 2. The van der Waals surface area contributed by atoms with Gasteiger partial charge in [-0.05, 0) is 6.92 Å². The van der Waals surface area contributed by atoms with Crippen LogP contribution in [0.25, 0.3) is 0 Å². The van der Waals surface area contributed by atoms with Gasteiger partial charge in [-0.3, -0.25) is 0 Å². The molecule has 0 aromatic rings. The predicted molar refractivity (Wildman–Crippen MR) is 52.4 cm³/mol. The summed E-state index contributed by atoms with van der Waals surface area (Å²) in [4.78, 5) is 29.3. The van der Waals surface area contributed by atoms with E-state index in [0.717, 1.165) is 6.26 Å². The molecule has 0 saturated heterocycles. The molecule has 1 atom stereocenters. The summed E-state index contributed by atoms with van der Waals surface area (Å²) in [7, 11) is 0. The van der Waals surface area contributed by atoms with Crippen molar-refractivity contribution in [1.29, 1.82) is 0 Å². The number of aliphatic hydroxyl groups is 1. The number of aliphatic carboxylic acids is 2. The summed E-state index contributed by atoms with van der Waals surface area (Å²) >= 11 is 0. The highest BCUT2D eigenvalue weighted by atomic mass is 16.5. The van der Waals surface area contributed by atoms with Gasteiger partial charge in [-0.2, -0.15) is 0 Å². The highest BCUT2D eigenvalue weighted by Gasteiger charge is 2.06. The lowest BCUT2D eigenvalue weighted by molar-refractivity contribution is -0.146. The first kappa shape index (κ1) is 16.3. The van der Waals surface area contributed by atoms with E-state index in [1.807, 2.05) is 0 Å². The maximum Gasteiger partial charge on any atom is 0.339 e. The van der Waals surface area contributed by atoms with Crippen molar-refractivity contribution in [2.24, 2.45) is 0 Å². The monoisotopic (exact) mass is 232 g/mol. The largest absolute Gasteiger partial charge is 0.478 e. The van der Waals surface area contributed by atoms with E-state index < -0.39 is 24.0 Å². The van der Waals surface area contributed by atoms with Crippen molar-refractivity contribution < 1.29 is 34.4 Å². The molecule has 3 N–H and O–H groups in total. The number of hydrogen-bond acceptors (Lipinski definition) is 5. The van der Waals surface area contributed by atoms with Crippen molar-refractivity contribution >= 4 is 17.9 Å². The lowest BCUT2D eigenvalue weighted by atomic mass is 10.4. The number of aliphatic hydroxyl groups excluding tert-OH is 1. The van der Waals surface area contributed by atoms with Crippen LogP contribution >= 0.6 is 0 Å². The Bertz CT molecular complexity index is 274. The fraction of sp³-hybridized carbons (Fsp3) is 0.222. The van der Waals surface area contributed by atoms with Gasteiger partial charge in [-0.1, -0.05) is 6.58 Å². The molecule has 0 aromatic carbocycles. The predicted octanol–water partition coefficient (Wildman–Crippen LogP) is -0.234. The first-order chi connectivity index (χ1) is 7.31. The van der Waals surface area contributed by atoms with E-state index in [-0.39, 0.29) is 0 Å². The molecule has 7 heteroatoms. The first-order valence-corrected chi connectivity index (χ1v) is 3.94. The minimum absolute atomic E-state index is 0.558. The zero-order chi connectivity index (χ0) is 13.1. The molecule has 0 heterocycles. The van der Waals surface area contributed by atoms with Crippen LogP contribution in [0, 0.1) is 0 Å². The Morgan fingerprint density at radius 1 is 1.19 bits per heavy atom. The van der Waals surface area contributed by atoms with Crippen molar-refractivity contribution in [3.05, 3.63) is 25.0 Å². The van der Waals surface area contributed by atoms with E-state index in [2.05, 4.69) is 11.3 Å². The van der Waals surface area contributed by atoms with Crippen LogP contribution in [-0.2, 0) is 19.1 Å². The van der Waals surface area contributed by atoms with Gasteiger partial charge in [0.1, 0.15) is 6.10 Å². The third-order valence-corrected chi connectivity index (χ3v) is 0.909. The van der Waals surface area contributed by atoms with E-state index in [4.69, 9.17) is 15.3 Å². The standard InChI is InChI=1S/C5H8O3.C4H4O4/c1-3-8-5(7)4(2)6;5-3(6)1-2-4(7)8/h3-4,6H,1H2,2H3;1-2H,(H,5,6)(H,7,8)/b;2-1-. The van der Waals surface area contributed by atoms with Crippen LogP contribution in [0.3, 0.4) is 0 Å². The molecule has 1 unspecified atom stereocenters. The van der Waals surface area contributed by atoms with E-state index in [1.165, 1.54) is 6.92 Å². The Hall–Kier alpha value is -2.15. The normalized spacial score (nSPS) is 10.9. The summed E-state index contributed by atoms with van der Waals surface area (Å²) in [5.74, 6) is -3.19. The third kappa shape index (κ3) is 14.4. The van der Waals surface area contributed by atoms with Crippen molar-refractivity contribution in [2.75, 3.05) is 0 Å². The molecule has 0 fully saturated rings. The fourth-order valence-corrected chi connectivity index (χ4v) is 0.323. The topological polar surface area (TPSA) is 121 Å². The van der Waals surface area contributed by atoms with Crippen molar-refractivity contribution in [3.8, 4) is 0 Å².